The van der Waals surface area contributed by atoms with Crippen LogP contribution in [-0.4, -0.2) is 30.3 Å². The summed E-state index contributed by atoms with van der Waals surface area (Å²) in [4.78, 5) is 12.3. The Bertz CT molecular complexity index is 942. The zero-order valence-electron chi connectivity index (χ0n) is 15.3. The second kappa shape index (κ2) is 8.18. The molecule has 0 aliphatic rings. The van der Waals surface area contributed by atoms with E-state index in [-0.39, 0.29) is 11.6 Å². The van der Waals surface area contributed by atoms with Crippen molar-refractivity contribution >= 4 is 23.1 Å². The minimum absolute atomic E-state index is 0.222. The SMILES string of the molecule is COc1ccc(OC)c(Nc2ccc(C(=O)Nc3cccc(C)c3)nn2)c1. The van der Waals surface area contributed by atoms with Gasteiger partial charge >= 0.3 is 0 Å². The zero-order chi connectivity index (χ0) is 19.2. The van der Waals surface area contributed by atoms with Gasteiger partial charge in [-0.3, -0.25) is 4.79 Å². The molecule has 0 saturated heterocycles. The molecule has 7 nitrogen and oxygen atoms in total. The molecule has 0 aliphatic carbocycles. The smallest absolute Gasteiger partial charge is 0.276 e. The molecule has 2 N–H and O–H groups in total. The molecule has 3 rings (SSSR count). The second-order valence-electron chi connectivity index (χ2n) is 5.82. The predicted octanol–water partition coefficient (Wildman–Crippen LogP) is 3.80. The van der Waals surface area contributed by atoms with Gasteiger partial charge in [-0.2, -0.15) is 0 Å². The number of hydrogen-bond donors (Lipinski definition) is 2. The number of rotatable bonds is 6. The predicted molar refractivity (Wildman–Crippen MR) is 104 cm³/mol. The molecule has 0 bridgehead atoms. The fourth-order valence-electron chi connectivity index (χ4n) is 2.49. The molecule has 0 radical (unpaired) electrons. The fourth-order valence-corrected chi connectivity index (χ4v) is 2.49. The van der Waals surface area contributed by atoms with E-state index in [9.17, 15) is 4.79 Å². The summed E-state index contributed by atoms with van der Waals surface area (Å²) in [7, 11) is 3.17. The molecule has 1 aromatic heterocycles. The normalized spacial score (nSPS) is 10.2. The summed E-state index contributed by atoms with van der Waals surface area (Å²) in [5.74, 6) is 1.48. The zero-order valence-corrected chi connectivity index (χ0v) is 15.3. The van der Waals surface area contributed by atoms with Gasteiger partial charge in [0.2, 0.25) is 0 Å². The monoisotopic (exact) mass is 364 g/mol. The van der Waals surface area contributed by atoms with Crippen LogP contribution in [0, 0.1) is 6.92 Å². The van der Waals surface area contributed by atoms with Crippen LogP contribution < -0.4 is 20.1 Å². The third kappa shape index (κ3) is 4.52. The van der Waals surface area contributed by atoms with Crippen molar-refractivity contribution in [2.24, 2.45) is 0 Å². The summed E-state index contributed by atoms with van der Waals surface area (Å²) in [5, 5.41) is 14.0. The van der Waals surface area contributed by atoms with Gasteiger partial charge in [-0.25, -0.2) is 0 Å². The molecule has 0 spiro atoms. The maximum absolute atomic E-state index is 12.3. The molecule has 7 heteroatoms. The van der Waals surface area contributed by atoms with Gasteiger partial charge in [-0.15, -0.1) is 10.2 Å². The number of methoxy groups -OCH3 is 2. The molecule has 0 aliphatic heterocycles. The van der Waals surface area contributed by atoms with Crippen LogP contribution in [-0.2, 0) is 0 Å². The van der Waals surface area contributed by atoms with Crippen LogP contribution in [0.25, 0.3) is 0 Å². The molecule has 0 atom stereocenters. The lowest BCUT2D eigenvalue weighted by molar-refractivity contribution is 0.102. The first-order valence-corrected chi connectivity index (χ1v) is 8.30. The van der Waals surface area contributed by atoms with Crippen LogP contribution in [0.1, 0.15) is 16.1 Å². The highest BCUT2D eigenvalue weighted by molar-refractivity contribution is 6.02. The van der Waals surface area contributed by atoms with E-state index in [0.29, 0.717) is 28.7 Å². The van der Waals surface area contributed by atoms with Gasteiger partial charge in [0, 0.05) is 11.8 Å². The van der Waals surface area contributed by atoms with Crippen molar-refractivity contribution in [2.75, 3.05) is 24.9 Å². The van der Waals surface area contributed by atoms with Crippen LogP contribution in [0.5, 0.6) is 11.5 Å². The van der Waals surface area contributed by atoms with E-state index in [1.54, 1.807) is 44.6 Å². The van der Waals surface area contributed by atoms with Gasteiger partial charge in [0.05, 0.1) is 19.9 Å². The topological polar surface area (TPSA) is 85.4 Å². The number of amides is 1. The van der Waals surface area contributed by atoms with Crippen LogP contribution in [0.15, 0.2) is 54.6 Å². The van der Waals surface area contributed by atoms with Crippen LogP contribution in [0.3, 0.4) is 0 Å². The van der Waals surface area contributed by atoms with E-state index in [1.807, 2.05) is 31.2 Å². The number of aryl methyl sites for hydroxylation is 1. The van der Waals surface area contributed by atoms with Gasteiger partial charge in [-0.05, 0) is 48.9 Å². The minimum Gasteiger partial charge on any atom is -0.497 e. The molecule has 0 fully saturated rings. The molecule has 3 aromatic rings. The Labute approximate surface area is 157 Å². The quantitative estimate of drug-likeness (QED) is 0.692. The Hall–Kier alpha value is -3.61. The summed E-state index contributed by atoms with van der Waals surface area (Å²) in [6.07, 6.45) is 0. The molecular weight excluding hydrogens is 344 g/mol. The largest absolute Gasteiger partial charge is 0.497 e. The second-order valence-corrected chi connectivity index (χ2v) is 5.82. The van der Waals surface area contributed by atoms with Crippen molar-refractivity contribution in [3.63, 3.8) is 0 Å². The summed E-state index contributed by atoms with van der Waals surface area (Å²) in [6, 6.07) is 16.2. The fraction of sp³-hybridized carbons (Fsp3) is 0.150. The average molecular weight is 364 g/mol. The number of ether oxygens (including phenoxy) is 2. The molecule has 1 heterocycles. The van der Waals surface area contributed by atoms with E-state index in [2.05, 4.69) is 20.8 Å². The van der Waals surface area contributed by atoms with E-state index < -0.39 is 0 Å². The number of carbonyl (C=O) groups excluding carboxylic acids is 1. The number of nitrogens with zero attached hydrogens (tertiary/aromatic N) is 2. The van der Waals surface area contributed by atoms with Gasteiger partial charge in [0.25, 0.3) is 5.91 Å². The highest BCUT2D eigenvalue weighted by Gasteiger charge is 2.10. The highest BCUT2D eigenvalue weighted by atomic mass is 16.5. The lowest BCUT2D eigenvalue weighted by Gasteiger charge is -2.12. The third-order valence-electron chi connectivity index (χ3n) is 3.84. The molecule has 1 amide bonds. The Balaban J connectivity index is 1.73. The van der Waals surface area contributed by atoms with E-state index in [1.165, 1.54) is 0 Å². The van der Waals surface area contributed by atoms with E-state index in [0.717, 1.165) is 5.56 Å². The molecule has 0 unspecified atom stereocenters. The summed E-state index contributed by atoms with van der Waals surface area (Å²) >= 11 is 0. The highest BCUT2D eigenvalue weighted by Crippen LogP contribution is 2.30. The number of anilines is 3. The number of carbonyl (C=O) groups is 1. The number of benzene rings is 2. The van der Waals surface area contributed by atoms with Gasteiger partial charge in [-0.1, -0.05) is 12.1 Å². The summed E-state index contributed by atoms with van der Waals surface area (Å²) in [5.41, 5.74) is 2.68. The Morgan fingerprint density at radius 2 is 1.81 bits per heavy atom. The molecule has 138 valence electrons. The van der Waals surface area contributed by atoms with Gasteiger partial charge in [0.1, 0.15) is 11.5 Å². The molecule has 27 heavy (non-hydrogen) atoms. The van der Waals surface area contributed by atoms with Crippen molar-refractivity contribution in [1.29, 1.82) is 0 Å². The lowest BCUT2D eigenvalue weighted by atomic mass is 10.2. The maximum Gasteiger partial charge on any atom is 0.276 e. The maximum atomic E-state index is 12.3. The van der Waals surface area contributed by atoms with Crippen molar-refractivity contribution < 1.29 is 14.3 Å². The first-order chi connectivity index (χ1) is 13.1. The summed E-state index contributed by atoms with van der Waals surface area (Å²) in [6.45, 7) is 1.96. The van der Waals surface area contributed by atoms with Crippen LogP contribution in [0.4, 0.5) is 17.2 Å². The van der Waals surface area contributed by atoms with Crippen molar-refractivity contribution in [1.82, 2.24) is 10.2 Å². The average Bonchev–Trinajstić information content (AvgIpc) is 2.68. The standard InChI is InChI=1S/C20H20N4O3/c1-13-5-4-6-14(11-13)21-20(25)16-8-10-19(24-23-16)22-17-12-15(26-2)7-9-18(17)27-3/h4-12H,1-3H3,(H,21,25)(H,22,24). The van der Waals surface area contributed by atoms with Crippen LogP contribution in [0.2, 0.25) is 0 Å². The van der Waals surface area contributed by atoms with Crippen molar-refractivity contribution in [3.8, 4) is 11.5 Å². The molecule has 2 aromatic carbocycles. The van der Waals surface area contributed by atoms with E-state index >= 15 is 0 Å². The first-order valence-electron chi connectivity index (χ1n) is 8.30. The van der Waals surface area contributed by atoms with Crippen LogP contribution >= 0.6 is 0 Å². The number of aromatic nitrogens is 2. The molecule has 0 saturated carbocycles. The van der Waals surface area contributed by atoms with Crippen molar-refractivity contribution in [2.45, 2.75) is 6.92 Å². The summed E-state index contributed by atoms with van der Waals surface area (Å²) < 4.78 is 10.5. The van der Waals surface area contributed by atoms with E-state index in [4.69, 9.17) is 9.47 Å². The van der Waals surface area contributed by atoms with Gasteiger partial charge < -0.3 is 20.1 Å². The number of hydrogen-bond acceptors (Lipinski definition) is 6. The Kier molecular flexibility index (Phi) is 5.51. The minimum atomic E-state index is -0.321. The Morgan fingerprint density at radius 1 is 0.963 bits per heavy atom. The Morgan fingerprint density at radius 3 is 2.48 bits per heavy atom. The third-order valence-corrected chi connectivity index (χ3v) is 3.84. The number of nitrogens with one attached hydrogen (secondary N) is 2. The molecular formula is C20H20N4O3. The first kappa shape index (κ1) is 18.2. The van der Waals surface area contributed by atoms with Crippen molar-refractivity contribution in [3.05, 3.63) is 65.9 Å². The van der Waals surface area contributed by atoms with Gasteiger partial charge in [0.15, 0.2) is 11.5 Å². The lowest BCUT2D eigenvalue weighted by Crippen LogP contribution is -2.14.